The molecule has 0 atom stereocenters. The number of esters is 1. The van der Waals surface area contributed by atoms with Crippen LogP contribution in [0.1, 0.15) is 38.2 Å². The molecule has 5 heteroatoms. The number of hydrogen-bond donors (Lipinski definition) is 0. The number of hydrogen-bond acceptors (Lipinski definition) is 5. The molecule has 3 aromatic carbocycles. The van der Waals surface area contributed by atoms with Gasteiger partial charge < -0.3 is 14.1 Å². The number of furan rings is 1. The van der Waals surface area contributed by atoms with Crippen molar-refractivity contribution < 1.29 is 13.9 Å². The van der Waals surface area contributed by atoms with E-state index in [9.17, 15) is 10.1 Å². The van der Waals surface area contributed by atoms with Gasteiger partial charge in [0.1, 0.15) is 17.2 Å². The van der Waals surface area contributed by atoms with E-state index in [2.05, 4.69) is 73.3 Å². The molecule has 0 aliphatic heterocycles. The lowest BCUT2D eigenvalue weighted by Crippen LogP contribution is -2.22. The van der Waals surface area contributed by atoms with Crippen LogP contribution in [-0.2, 0) is 17.8 Å². The van der Waals surface area contributed by atoms with E-state index in [1.807, 2.05) is 0 Å². The molecular formula is C27H24N2O3. The second-order valence-electron chi connectivity index (χ2n) is 7.92. The quantitative estimate of drug-likeness (QED) is 0.360. The van der Waals surface area contributed by atoms with Crippen LogP contribution in [0, 0.1) is 25.2 Å². The maximum atomic E-state index is 12.0. The van der Waals surface area contributed by atoms with Gasteiger partial charge in [-0.3, -0.25) is 0 Å². The van der Waals surface area contributed by atoms with Gasteiger partial charge in [-0.05, 0) is 43.2 Å². The molecule has 0 aliphatic carbocycles. The first-order valence-corrected chi connectivity index (χ1v) is 10.4. The molecule has 4 aromatic rings. The van der Waals surface area contributed by atoms with Gasteiger partial charge in [-0.25, -0.2) is 4.79 Å². The highest BCUT2D eigenvalue weighted by Gasteiger charge is 2.22. The number of rotatable bonds is 6. The fourth-order valence-electron chi connectivity index (χ4n) is 3.69. The second-order valence-corrected chi connectivity index (χ2v) is 7.92. The van der Waals surface area contributed by atoms with E-state index in [-0.39, 0.29) is 0 Å². The molecule has 1 aromatic heterocycles. The van der Waals surface area contributed by atoms with Crippen molar-refractivity contribution in [2.75, 3.05) is 12.0 Å². The number of ether oxygens (including phenoxy) is 1. The van der Waals surface area contributed by atoms with Gasteiger partial charge in [-0.15, -0.1) is 0 Å². The molecule has 0 fully saturated rings. The minimum absolute atomic E-state index is 0.382. The summed E-state index contributed by atoms with van der Waals surface area (Å²) in [5.41, 5.74) is 5.95. The first kappa shape index (κ1) is 21.2. The van der Waals surface area contributed by atoms with Crippen LogP contribution in [0.4, 0.5) is 5.88 Å². The number of nitrogens with zero attached hydrogens (tertiary/aromatic N) is 2. The van der Waals surface area contributed by atoms with Crippen LogP contribution >= 0.6 is 0 Å². The fraction of sp³-hybridized carbons (Fsp3) is 0.185. The molecule has 0 bridgehead atoms. The Morgan fingerprint density at radius 3 is 2.00 bits per heavy atom. The third-order valence-electron chi connectivity index (χ3n) is 5.48. The zero-order chi connectivity index (χ0) is 22.7. The molecular weight excluding hydrogens is 400 g/mol. The number of carbonyl (C=O) groups excluding carboxylic acids is 1. The fourth-order valence-corrected chi connectivity index (χ4v) is 3.69. The summed E-state index contributed by atoms with van der Waals surface area (Å²) in [5, 5.41) is 10.6. The van der Waals surface area contributed by atoms with E-state index in [1.165, 1.54) is 18.2 Å². The van der Waals surface area contributed by atoms with Crippen LogP contribution < -0.4 is 4.90 Å². The molecule has 0 N–H and O–H groups in total. The molecule has 0 saturated heterocycles. The zero-order valence-electron chi connectivity index (χ0n) is 18.4. The SMILES string of the molecule is COC(=O)c1ccc2oc(N(Cc3ccc(C)cc3)Cc3ccc(C)cc3)c(C#N)c2c1. The largest absolute Gasteiger partial charge is 0.465 e. The van der Waals surface area contributed by atoms with Crippen molar-refractivity contribution in [3.05, 3.63) is 100 Å². The number of fused-ring (bicyclic) bond motifs is 1. The van der Waals surface area contributed by atoms with Crippen LogP contribution in [-0.4, -0.2) is 13.1 Å². The summed E-state index contributed by atoms with van der Waals surface area (Å²) < 4.78 is 11.0. The summed E-state index contributed by atoms with van der Waals surface area (Å²) in [5.74, 6) is 0.0420. The Morgan fingerprint density at radius 2 is 1.50 bits per heavy atom. The van der Waals surface area contributed by atoms with Crippen LogP contribution in [0.15, 0.2) is 71.1 Å². The van der Waals surface area contributed by atoms with E-state index < -0.39 is 5.97 Å². The number of anilines is 1. The summed E-state index contributed by atoms with van der Waals surface area (Å²) in [6.07, 6.45) is 0. The maximum Gasteiger partial charge on any atom is 0.337 e. The number of carbonyl (C=O) groups is 1. The molecule has 0 amide bonds. The zero-order valence-corrected chi connectivity index (χ0v) is 18.4. The molecule has 0 spiro atoms. The van der Waals surface area contributed by atoms with Crippen LogP contribution in [0.3, 0.4) is 0 Å². The molecule has 1 heterocycles. The number of aryl methyl sites for hydroxylation is 2. The Kier molecular flexibility index (Phi) is 5.96. The summed E-state index contributed by atoms with van der Waals surface area (Å²) in [7, 11) is 1.34. The highest BCUT2D eigenvalue weighted by molar-refractivity contribution is 5.97. The molecule has 0 radical (unpaired) electrons. The van der Waals surface area contributed by atoms with Crippen molar-refractivity contribution in [3.8, 4) is 6.07 Å². The van der Waals surface area contributed by atoms with Crippen LogP contribution in [0.2, 0.25) is 0 Å². The molecule has 0 aliphatic rings. The van der Waals surface area contributed by atoms with Crippen molar-refractivity contribution in [2.24, 2.45) is 0 Å². The topological polar surface area (TPSA) is 66.5 Å². The van der Waals surface area contributed by atoms with Crippen molar-refractivity contribution in [3.63, 3.8) is 0 Å². The van der Waals surface area contributed by atoms with Crippen molar-refractivity contribution in [1.82, 2.24) is 0 Å². The molecule has 32 heavy (non-hydrogen) atoms. The number of methoxy groups -OCH3 is 1. The van der Waals surface area contributed by atoms with Crippen molar-refractivity contribution in [2.45, 2.75) is 26.9 Å². The van der Waals surface area contributed by atoms with Gasteiger partial charge in [-0.1, -0.05) is 59.7 Å². The molecule has 160 valence electrons. The minimum Gasteiger partial charge on any atom is -0.465 e. The summed E-state index contributed by atoms with van der Waals surface area (Å²) in [4.78, 5) is 14.0. The number of benzene rings is 3. The smallest absolute Gasteiger partial charge is 0.337 e. The lowest BCUT2D eigenvalue weighted by atomic mass is 10.1. The lowest BCUT2D eigenvalue weighted by Gasteiger charge is -2.23. The average molecular weight is 425 g/mol. The van der Waals surface area contributed by atoms with Crippen molar-refractivity contribution >= 4 is 22.8 Å². The van der Waals surface area contributed by atoms with E-state index in [4.69, 9.17) is 9.15 Å². The molecule has 4 rings (SSSR count). The minimum atomic E-state index is -0.449. The first-order chi connectivity index (χ1) is 15.5. The monoisotopic (exact) mass is 424 g/mol. The Hall–Kier alpha value is -4.04. The standard InChI is InChI=1S/C27H24N2O3/c1-18-4-8-20(9-5-18)16-29(17-21-10-6-19(2)7-11-21)26-24(15-28)23-14-22(27(30)31-3)12-13-25(23)32-26/h4-14H,16-17H2,1-3H3. The molecule has 0 saturated carbocycles. The summed E-state index contributed by atoms with van der Waals surface area (Å²) in [6, 6.07) is 23.9. The Bertz CT molecular complexity index is 1250. The highest BCUT2D eigenvalue weighted by Crippen LogP contribution is 2.34. The van der Waals surface area contributed by atoms with Gasteiger partial charge in [-0.2, -0.15) is 5.26 Å². The Labute approximate surface area is 187 Å². The van der Waals surface area contributed by atoms with Crippen LogP contribution in [0.5, 0.6) is 0 Å². The van der Waals surface area contributed by atoms with E-state index in [1.54, 1.807) is 18.2 Å². The normalized spacial score (nSPS) is 10.7. The predicted octanol–water partition coefficient (Wildman–Crippen LogP) is 5.91. The number of nitriles is 1. The van der Waals surface area contributed by atoms with Gasteiger partial charge in [0, 0.05) is 18.5 Å². The van der Waals surface area contributed by atoms with Gasteiger partial charge in [0.15, 0.2) is 0 Å². The van der Waals surface area contributed by atoms with Gasteiger partial charge in [0.25, 0.3) is 0 Å². The van der Waals surface area contributed by atoms with E-state index in [0.29, 0.717) is 41.1 Å². The van der Waals surface area contributed by atoms with Gasteiger partial charge >= 0.3 is 5.97 Å². The average Bonchev–Trinajstić information content (AvgIpc) is 3.18. The Balaban J connectivity index is 1.79. The molecule has 0 unspecified atom stereocenters. The van der Waals surface area contributed by atoms with E-state index >= 15 is 0 Å². The summed E-state index contributed by atoms with van der Waals surface area (Å²) >= 11 is 0. The third kappa shape index (κ3) is 4.35. The van der Waals surface area contributed by atoms with Crippen molar-refractivity contribution in [1.29, 1.82) is 5.26 Å². The highest BCUT2D eigenvalue weighted by atomic mass is 16.5. The van der Waals surface area contributed by atoms with Gasteiger partial charge in [0.2, 0.25) is 5.88 Å². The summed E-state index contributed by atoms with van der Waals surface area (Å²) in [6.45, 7) is 5.26. The maximum absolute atomic E-state index is 12.0. The first-order valence-electron chi connectivity index (χ1n) is 10.4. The molecule has 5 nitrogen and oxygen atoms in total. The van der Waals surface area contributed by atoms with E-state index in [0.717, 1.165) is 11.1 Å². The predicted molar refractivity (Wildman–Crippen MR) is 125 cm³/mol. The Morgan fingerprint density at radius 1 is 0.938 bits per heavy atom. The lowest BCUT2D eigenvalue weighted by molar-refractivity contribution is 0.0601. The van der Waals surface area contributed by atoms with Gasteiger partial charge in [0.05, 0.1) is 12.7 Å². The second kappa shape index (κ2) is 8.99. The third-order valence-corrected chi connectivity index (χ3v) is 5.48. The van der Waals surface area contributed by atoms with Crippen LogP contribution in [0.25, 0.3) is 11.0 Å².